The molecular formula is C24H27Br4N3O7. The first kappa shape index (κ1) is 31.1. The molecule has 1 amide bonds. The summed E-state index contributed by atoms with van der Waals surface area (Å²) >= 11 is 13.8. The van der Waals surface area contributed by atoms with Gasteiger partial charge in [-0.15, -0.1) is 0 Å². The van der Waals surface area contributed by atoms with Crippen molar-refractivity contribution in [1.29, 1.82) is 0 Å². The van der Waals surface area contributed by atoms with Crippen LogP contribution in [0.25, 0.3) is 0 Å². The van der Waals surface area contributed by atoms with E-state index in [4.69, 9.17) is 14.3 Å². The van der Waals surface area contributed by atoms with E-state index in [1.54, 1.807) is 25.1 Å². The number of ether oxygens (including phenoxy) is 2. The molecule has 10 nitrogen and oxygen atoms in total. The molecular weight excluding hydrogens is 762 g/mol. The minimum Gasteiger partial charge on any atom is -0.495 e. The highest BCUT2D eigenvalue weighted by atomic mass is 79.9. The van der Waals surface area contributed by atoms with Crippen LogP contribution < -0.4 is 10.1 Å². The zero-order valence-electron chi connectivity index (χ0n) is 20.8. The molecule has 208 valence electrons. The summed E-state index contributed by atoms with van der Waals surface area (Å²) in [6, 6.07) is 3.13. The van der Waals surface area contributed by atoms with Crippen LogP contribution in [0.2, 0.25) is 0 Å². The molecule has 1 aliphatic carbocycles. The van der Waals surface area contributed by atoms with Crippen molar-refractivity contribution in [3.05, 3.63) is 47.4 Å². The van der Waals surface area contributed by atoms with Crippen LogP contribution >= 0.6 is 63.7 Å². The third-order valence-electron chi connectivity index (χ3n) is 6.05. The van der Waals surface area contributed by atoms with Crippen molar-refractivity contribution in [3.8, 4) is 5.75 Å². The van der Waals surface area contributed by atoms with Gasteiger partial charge in [-0.05, 0) is 108 Å². The van der Waals surface area contributed by atoms with E-state index in [0.717, 1.165) is 5.56 Å². The highest BCUT2D eigenvalue weighted by Gasteiger charge is 2.50. The van der Waals surface area contributed by atoms with Crippen molar-refractivity contribution < 1.29 is 34.1 Å². The standard InChI is InChI=1S/C24H27Br4N3O7/c1-31(2)17(23(34)35)5-7-37-19-13(25)8-12(9-14(19)26)4-6-29-22(33)16-11-24(38-30-16)10-15(27)20(36-3)18(28)21(24)32/h8-10,17,21,32H,4-7,11H2,1-3H3,(H,29,33)(H,34,35)/t17-,21-,24+/m0/s1. The van der Waals surface area contributed by atoms with Gasteiger partial charge in [-0.3, -0.25) is 14.5 Å². The molecule has 1 spiro atoms. The first-order chi connectivity index (χ1) is 17.9. The lowest BCUT2D eigenvalue weighted by Gasteiger charge is -2.33. The molecule has 3 N–H and O–H groups in total. The Kier molecular flexibility index (Phi) is 10.9. The lowest BCUT2D eigenvalue weighted by Crippen LogP contribution is -2.45. The predicted molar refractivity (Wildman–Crippen MR) is 156 cm³/mol. The van der Waals surface area contributed by atoms with Crippen LogP contribution in [-0.4, -0.2) is 84.8 Å². The third kappa shape index (κ3) is 7.00. The van der Waals surface area contributed by atoms with Crippen molar-refractivity contribution in [2.75, 3.05) is 34.4 Å². The van der Waals surface area contributed by atoms with Crippen molar-refractivity contribution in [2.45, 2.75) is 37.0 Å². The zero-order valence-corrected chi connectivity index (χ0v) is 27.1. The van der Waals surface area contributed by atoms with E-state index in [1.165, 1.54) is 7.11 Å². The van der Waals surface area contributed by atoms with Gasteiger partial charge in [0.2, 0.25) is 0 Å². The number of aliphatic hydroxyl groups is 1. The van der Waals surface area contributed by atoms with Crippen LogP contribution in [0.3, 0.4) is 0 Å². The van der Waals surface area contributed by atoms with E-state index >= 15 is 0 Å². The van der Waals surface area contributed by atoms with Gasteiger partial charge in [0, 0.05) is 19.4 Å². The highest BCUT2D eigenvalue weighted by molar-refractivity contribution is 9.12. The van der Waals surface area contributed by atoms with Crippen molar-refractivity contribution in [2.24, 2.45) is 5.16 Å². The van der Waals surface area contributed by atoms with Gasteiger partial charge in [0.1, 0.15) is 29.4 Å². The maximum Gasteiger partial charge on any atom is 0.321 e. The SMILES string of the molecule is COC1=C(Br)[C@H](O)[C@@]2(C=C1Br)CC(C(=O)NCCc1cc(Br)c(OCC[C@@H](C(=O)O)N(C)C)c(Br)c1)=NO2. The van der Waals surface area contributed by atoms with Gasteiger partial charge >= 0.3 is 5.97 Å². The second-order valence-corrected chi connectivity index (χ2v) is 12.3. The fourth-order valence-electron chi connectivity index (χ4n) is 4.01. The second kappa shape index (κ2) is 13.3. The van der Waals surface area contributed by atoms with E-state index in [0.29, 0.717) is 48.8 Å². The Balaban J connectivity index is 1.53. The number of rotatable bonds is 11. The number of likely N-dealkylation sites (N-methyl/N-ethyl adjacent to an activating group) is 1. The Bertz CT molecular complexity index is 1160. The van der Waals surface area contributed by atoms with Crippen LogP contribution in [0.4, 0.5) is 0 Å². The van der Waals surface area contributed by atoms with Crippen molar-refractivity contribution in [1.82, 2.24) is 10.2 Å². The summed E-state index contributed by atoms with van der Waals surface area (Å²) in [7, 11) is 4.92. The summed E-state index contributed by atoms with van der Waals surface area (Å²) in [4.78, 5) is 31.3. The first-order valence-corrected chi connectivity index (χ1v) is 14.6. The number of aliphatic carboxylic acids is 1. The second-order valence-electron chi connectivity index (χ2n) is 8.89. The van der Waals surface area contributed by atoms with Crippen molar-refractivity contribution in [3.63, 3.8) is 0 Å². The van der Waals surface area contributed by atoms with Gasteiger partial charge in [0.15, 0.2) is 5.60 Å². The molecule has 1 aliphatic heterocycles. The number of carbonyl (C=O) groups is 2. The number of nitrogens with one attached hydrogen (secondary N) is 1. The zero-order chi connectivity index (χ0) is 28.2. The largest absolute Gasteiger partial charge is 0.495 e. The quantitative estimate of drug-likeness (QED) is 0.306. The number of hydrogen-bond donors (Lipinski definition) is 3. The van der Waals surface area contributed by atoms with Crippen LogP contribution in [0.5, 0.6) is 5.75 Å². The van der Waals surface area contributed by atoms with Gasteiger partial charge in [-0.1, -0.05) is 5.16 Å². The fourth-order valence-corrected chi connectivity index (χ4v) is 7.31. The number of carbonyl (C=O) groups excluding carboxylic acids is 1. The van der Waals surface area contributed by atoms with Crippen LogP contribution in [0.15, 0.2) is 47.0 Å². The molecule has 1 aromatic rings. The van der Waals surface area contributed by atoms with Gasteiger partial charge in [-0.25, -0.2) is 0 Å². The fraction of sp³-hybridized carbons (Fsp3) is 0.458. The maximum absolute atomic E-state index is 12.7. The van der Waals surface area contributed by atoms with Gasteiger partial charge in [0.05, 0.1) is 31.6 Å². The molecule has 14 heteroatoms. The smallest absolute Gasteiger partial charge is 0.321 e. The molecule has 2 aliphatic rings. The Morgan fingerprint density at radius 1 is 1.26 bits per heavy atom. The summed E-state index contributed by atoms with van der Waals surface area (Å²) in [5, 5.41) is 26.8. The molecule has 38 heavy (non-hydrogen) atoms. The molecule has 0 saturated heterocycles. The number of nitrogens with zero attached hydrogens (tertiary/aromatic N) is 2. The third-order valence-corrected chi connectivity index (χ3v) is 8.61. The molecule has 0 aromatic heterocycles. The number of amides is 1. The molecule has 0 fully saturated rings. The number of benzene rings is 1. The molecule has 3 rings (SSSR count). The van der Waals surface area contributed by atoms with E-state index in [1.807, 2.05) is 12.1 Å². The number of methoxy groups -OCH3 is 1. The van der Waals surface area contributed by atoms with E-state index in [9.17, 15) is 19.8 Å². The van der Waals surface area contributed by atoms with Gasteiger partial charge < -0.3 is 29.8 Å². The normalized spacial score (nSPS) is 21.7. The van der Waals surface area contributed by atoms with E-state index < -0.39 is 23.7 Å². The Hall–Kier alpha value is -1.45. The maximum atomic E-state index is 12.7. The lowest BCUT2D eigenvalue weighted by atomic mass is 9.87. The van der Waals surface area contributed by atoms with Crippen LogP contribution in [0, 0.1) is 0 Å². The minimum atomic E-state index is -1.21. The monoisotopic (exact) mass is 785 g/mol. The lowest BCUT2D eigenvalue weighted by molar-refractivity contribution is -0.142. The number of carboxylic acid groups (broad SMARTS) is 1. The summed E-state index contributed by atoms with van der Waals surface area (Å²) in [5.74, 6) is -0.270. The Morgan fingerprint density at radius 3 is 2.50 bits per heavy atom. The van der Waals surface area contributed by atoms with Gasteiger partial charge in [-0.2, -0.15) is 0 Å². The summed E-state index contributed by atoms with van der Waals surface area (Å²) in [6.07, 6.45) is 1.49. The average molecular weight is 789 g/mol. The molecule has 3 atom stereocenters. The number of halogens is 4. The van der Waals surface area contributed by atoms with Crippen LogP contribution in [-0.2, 0) is 25.6 Å². The highest BCUT2D eigenvalue weighted by Crippen LogP contribution is 2.44. The van der Waals surface area contributed by atoms with Crippen molar-refractivity contribution >= 4 is 81.3 Å². The van der Waals surface area contributed by atoms with Gasteiger partial charge in [0.25, 0.3) is 5.91 Å². The molecule has 1 aromatic carbocycles. The number of allylic oxidation sites excluding steroid dienone is 1. The Labute approximate surface area is 253 Å². The molecule has 0 saturated carbocycles. The number of carboxylic acids is 1. The number of aliphatic hydroxyl groups excluding tert-OH is 1. The van der Waals surface area contributed by atoms with Crippen LogP contribution in [0.1, 0.15) is 18.4 Å². The first-order valence-electron chi connectivity index (χ1n) is 11.4. The summed E-state index contributed by atoms with van der Waals surface area (Å²) < 4.78 is 13.5. The molecule has 0 unspecified atom stereocenters. The molecule has 0 radical (unpaired) electrons. The van der Waals surface area contributed by atoms with E-state index in [-0.39, 0.29) is 24.6 Å². The summed E-state index contributed by atoms with van der Waals surface area (Å²) in [6.45, 7) is 0.569. The van der Waals surface area contributed by atoms with E-state index in [2.05, 4.69) is 74.2 Å². The number of oxime groups is 1. The minimum absolute atomic E-state index is 0.0842. The Morgan fingerprint density at radius 2 is 1.92 bits per heavy atom. The average Bonchev–Trinajstić information content (AvgIpc) is 3.26. The predicted octanol–water partition coefficient (Wildman–Crippen LogP) is 4.08. The topological polar surface area (TPSA) is 130 Å². The number of hydrogen-bond acceptors (Lipinski definition) is 8. The molecule has 1 heterocycles. The summed E-state index contributed by atoms with van der Waals surface area (Å²) in [5.41, 5.74) is -0.107. The molecule has 0 bridgehead atoms.